The van der Waals surface area contributed by atoms with Crippen molar-refractivity contribution >= 4 is 27.7 Å². The molecule has 2 amide bonds. The van der Waals surface area contributed by atoms with Crippen molar-refractivity contribution in [3.05, 3.63) is 63.9 Å². The number of halogens is 2. The van der Waals surface area contributed by atoms with Gasteiger partial charge >= 0.3 is 0 Å². The first kappa shape index (κ1) is 24.9. The quantitative estimate of drug-likeness (QED) is 0.505. The van der Waals surface area contributed by atoms with Crippen LogP contribution in [-0.4, -0.2) is 35.9 Å². The third-order valence-corrected chi connectivity index (χ3v) is 5.61. The SMILES string of the molecule is CCCNC(=O)[C@H](C)N(Cc1ccccc1F)C(=O)COc1ccc(C(C)C)cc1Br. The Labute approximate surface area is 192 Å². The van der Waals surface area contributed by atoms with Gasteiger partial charge in [0.1, 0.15) is 17.6 Å². The van der Waals surface area contributed by atoms with Crippen LogP contribution >= 0.6 is 15.9 Å². The molecular formula is C24H30BrFN2O3. The van der Waals surface area contributed by atoms with Gasteiger partial charge in [-0.05, 0) is 59.0 Å². The van der Waals surface area contributed by atoms with E-state index in [0.717, 1.165) is 16.5 Å². The summed E-state index contributed by atoms with van der Waals surface area (Å²) in [5, 5.41) is 2.79. The van der Waals surface area contributed by atoms with Crippen LogP contribution < -0.4 is 10.1 Å². The minimum absolute atomic E-state index is 0.0248. The number of carbonyl (C=O) groups is 2. The molecule has 1 N–H and O–H groups in total. The Morgan fingerprint density at radius 2 is 1.87 bits per heavy atom. The minimum Gasteiger partial charge on any atom is -0.483 e. The molecule has 0 aromatic heterocycles. The molecule has 168 valence electrons. The van der Waals surface area contributed by atoms with E-state index in [1.54, 1.807) is 25.1 Å². The monoisotopic (exact) mass is 492 g/mol. The second-order valence-corrected chi connectivity index (χ2v) is 8.57. The predicted octanol–water partition coefficient (Wildman–Crippen LogP) is 5.03. The van der Waals surface area contributed by atoms with Crippen LogP contribution in [0.2, 0.25) is 0 Å². The lowest BCUT2D eigenvalue weighted by Gasteiger charge is -2.29. The lowest BCUT2D eigenvalue weighted by atomic mass is 10.0. The summed E-state index contributed by atoms with van der Waals surface area (Å²) in [7, 11) is 0. The zero-order valence-electron chi connectivity index (χ0n) is 18.5. The highest BCUT2D eigenvalue weighted by molar-refractivity contribution is 9.10. The second kappa shape index (κ2) is 11.8. The second-order valence-electron chi connectivity index (χ2n) is 7.71. The van der Waals surface area contributed by atoms with Crippen LogP contribution in [0, 0.1) is 5.82 Å². The molecule has 0 aliphatic carbocycles. The number of benzene rings is 2. The standard InChI is InChI=1S/C24H30BrFN2O3/c1-5-12-27-24(30)17(4)28(14-19-8-6-7-9-21(19)26)23(29)15-31-22-11-10-18(16(2)3)13-20(22)25/h6-11,13,16-17H,5,12,14-15H2,1-4H3,(H,27,30)/t17-/m0/s1. The summed E-state index contributed by atoms with van der Waals surface area (Å²) in [4.78, 5) is 26.9. The van der Waals surface area contributed by atoms with Crippen molar-refractivity contribution in [3.63, 3.8) is 0 Å². The highest BCUT2D eigenvalue weighted by atomic mass is 79.9. The fourth-order valence-electron chi connectivity index (χ4n) is 3.00. The Bertz CT molecular complexity index is 904. The highest BCUT2D eigenvalue weighted by Crippen LogP contribution is 2.29. The molecule has 5 nitrogen and oxygen atoms in total. The molecule has 0 saturated carbocycles. The maximum absolute atomic E-state index is 14.2. The average Bonchev–Trinajstić information content (AvgIpc) is 2.75. The number of hydrogen-bond acceptors (Lipinski definition) is 3. The summed E-state index contributed by atoms with van der Waals surface area (Å²) in [5.41, 5.74) is 1.49. The summed E-state index contributed by atoms with van der Waals surface area (Å²) in [5.74, 6) is -0.206. The topological polar surface area (TPSA) is 58.6 Å². The van der Waals surface area contributed by atoms with Crippen LogP contribution in [0.3, 0.4) is 0 Å². The first-order chi connectivity index (χ1) is 14.7. The predicted molar refractivity (Wildman–Crippen MR) is 123 cm³/mol. The van der Waals surface area contributed by atoms with Crippen molar-refractivity contribution in [3.8, 4) is 5.75 Å². The van der Waals surface area contributed by atoms with Gasteiger partial charge in [-0.2, -0.15) is 0 Å². The van der Waals surface area contributed by atoms with Crippen molar-refractivity contribution in [2.24, 2.45) is 0 Å². The zero-order chi connectivity index (χ0) is 23.0. The molecule has 7 heteroatoms. The van der Waals surface area contributed by atoms with E-state index in [1.807, 2.05) is 25.1 Å². The maximum Gasteiger partial charge on any atom is 0.261 e. The molecule has 0 unspecified atom stereocenters. The van der Waals surface area contributed by atoms with Crippen LogP contribution in [0.5, 0.6) is 5.75 Å². The van der Waals surface area contributed by atoms with Crippen LogP contribution in [0.15, 0.2) is 46.9 Å². The van der Waals surface area contributed by atoms with E-state index in [0.29, 0.717) is 23.8 Å². The number of nitrogens with one attached hydrogen (secondary N) is 1. The lowest BCUT2D eigenvalue weighted by Crippen LogP contribution is -2.49. The van der Waals surface area contributed by atoms with Gasteiger partial charge < -0.3 is 15.0 Å². The van der Waals surface area contributed by atoms with E-state index in [4.69, 9.17) is 4.74 Å². The van der Waals surface area contributed by atoms with E-state index in [1.165, 1.54) is 11.0 Å². The number of carbonyl (C=O) groups excluding carboxylic acids is 2. The molecule has 2 aromatic rings. The van der Waals surface area contributed by atoms with Gasteiger partial charge in [-0.1, -0.05) is 45.0 Å². The third kappa shape index (κ3) is 7.06. The summed E-state index contributed by atoms with van der Waals surface area (Å²) >= 11 is 3.48. The molecular weight excluding hydrogens is 463 g/mol. The summed E-state index contributed by atoms with van der Waals surface area (Å²) in [6, 6.07) is 11.2. The Kier molecular flexibility index (Phi) is 9.49. The summed E-state index contributed by atoms with van der Waals surface area (Å²) in [6.07, 6.45) is 0.781. The molecule has 2 aromatic carbocycles. The fourth-order valence-corrected chi connectivity index (χ4v) is 3.52. The van der Waals surface area contributed by atoms with Gasteiger partial charge in [-0.25, -0.2) is 4.39 Å². The van der Waals surface area contributed by atoms with Gasteiger partial charge in [0.2, 0.25) is 5.91 Å². The highest BCUT2D eigenvalue weighted by Gasteiger charge is 2.27. The summed E-state index contributed by atoms with van der Waals surface area (Å²) in [6.45, 7) is 7.99. The first-order valence-corrected chi connectivity index (χ1v) is 11.3. The normalized spacial score (nSPS) is 11.8. The number of rotatable bonds is 10. The molecule has 0 spiro atoms. The first-order valence-electron chi connectivity index (χ1n) is 10.5. The smallest absolute Gasteiger partial charge is 0.261 e. The molecule has 0 radical (unpaired) electrons. The van der Waals surface area contributed by atoms with E-state index in [-0.39, 0.29) is 19.1 Å². The Balaban J connectivity index is 2.17. The molecule has 0 fully saturated rings. The largest absolute Gasteiger partial charge is 0.483 e. The van der Waals surface area contributed by atoms with E-state index >= 15 is 0 Å². The van der Waals surface area contributed by atoms with Crippen LogP contribution in [0.1, 0.15) is 51.2 Å². The van der Waals surface area contributed by atoms with Crippen molar-refractivity contribution < 1.29 is 18.7 Å². The van der Waals surface area contributed by atoms with E-state index < -0.39 is 17.8 Å². The molecule has 0 aliphatic rings. The molecule has 31 heavy (non-hydrogen) atoms. The minimum atomic E-state index is -0.769. The number of ether oxygens (including phenoxy) is 1. The molecule has 0 saturated heterocycles. The molecule has 0 heterocycles. The van der Waals surface area contributed by atoms with E-state index in [9.17, 15) is 14.0 Å². The number of hydrogen-bond donors (Lipinski definition) is 1. The zero-order valence-corrected chi connectivity index (χ0v) is 20.0. The third-order valence-electron chi connectivity index (χ3n) is 4.99. The lowest BCUT2D eigenvalue weighted by molar-refractivity contribution is -0.142. The molecule has 1 atom stereocenters. The Morgan fingerprint density at radius 3 is 2.48 bits per heavy atom. The Morgan fingerprint density at radius 1 is 1.16 bits per heavy atom. The van der Waals surface area contributed by atoms with Crippen molar-refractivity contribution in [2.45, 2.75) is 52.6 Å². The van der Waals surface area contributed by atoms with Crippen LogP contribution in [0.4, 0.5) is 4.39 Å². The van der Waals surface area contributed by atoms with Gasteiger partial charge in [0.05, 0.1) is 4.47 Å². The van der Waals surface area contributed by atoms with Crippen LogP contribution in [-0.2, 0) is 16.1 Å². The van der Waals surface area contributed by atoms with Gasteiger partial charge in [-0.3, -0.25) is 9.59 Å². The number of amides is 2. The van der Waals surface area contributed by atoms with Crippen molar-refractivity contribution in [1.82, 2.24) is 10.2 Å². The molecule has 0 bridgehead atoms. The molecule has 0 aliphatic heterocycles. The maximum atomic E-state index is 14.2. The van der Waals surface area contributed by atoms with E-state index in [2.05, 4.69) is 35.1 Å². The van der Waals surface area contributed by atoms with Gasteiger partial charge in [0.15, 0.2) is 6.61 Å². The number of nitrogens with zero attached hydrogens (tertiary/aromatic N) is 1. The van der Waals surface area contributed by atoms with Crippen molar-refractivity contribution in [1.29, 1.82) is 0 Å². The van der Waals surface area contributed by atoms with Gasteiger partial charge in [0.25, 0.3) is 5.91 Å². The fraction of sp³-hybridized carbons (Fsp3) is 0.417. The Hall–Kier alpha value is -2.41. The average molecular weight is 493 g/mol. The molecule has 2 rings (SSSR count). The van der Waals surface area contributed by atoms with Crippen molar-refractivity contribution in [2.75, 3.05) is 13.2 Å². The van der Waals surface area contributed by atoms with Gasteiger partial charge in [0, 0.05) is 18.7 Å². The van der Waals surface area contributed by atoms with Crippen LogP contribution in [0.25, 0.3) is 0 Å². The summed E-state index contributed by atoms with van der Waals surface area (Å²) < 4.78 is 20.7. The van der Waals surface area contributed by atoms with Gasteiger partial charge in [-0.15, -0.1) is 0 Å².